The highest BCUT2D eigenvalue weighted by Crippen LogP contribution is 2.26. The Labute approximate surface area is 100.0 Å². The lowest BCUT2D eigenvalue weighted by Crippen LogP contribution is -2.28. The molecule has 1 fully saturated rings. The molecule has 1 aromatic rings. The van der Waals surface area contributed by atoms with E-state index in [4.69, 9.17) is 0 Å². The number of halogens is 2. The first-order valence-electron chi connectivity index (χ1n) is 5.99. The van der Waals surface area contributed by atoms with Crippen LogP contribution < -0.4 is 10.1 Å². The zero-order valence-corrected chi connectivity index (χ0v) is 9.66. The third-order valence-corrected chi connectivity index (χ3v) is 3.16. The van der Waals surface area contributed by atoms with Crippen molar-refractivity contribution < 1.29 is 13.5 Å². The van der Waals surface area contributed by atoms with Crippen LogP contribution in [0, 0.1) is 5.92 Å². The van der Waals surface area contributed by atoms with Crippen LogP contribution in [0.2, 0.25) is 0 Å². The van der Waals surface area contributed by atoms with E-state index < -0.39 is 6.61 Å². The third kappa shape index (κ3) is 3.66. The van der Waals surface area contributed by atoms with Crippen molar-refractivity contribution in [1.29, 1.82) is 0 Å². The molecule has 0 spiro atoms. The Bertz CT molecular complexity index is 351. The van der Waals surface area contributed by atoms with Gasteiger partial charge in [-0.1, -0.05) is 18.2 Å². The molecule has 1 heterocycles. The first kappa shape index (κ1) is 12.3. The zero-order chi connectivity index (χ0) is 12.1. The number of hydrogen-bond donors (Lipinski definition) is 1. The summed E-state index contributed by atoms with van der Waals surface area (Å²) < 4.78 is 29.0. The van der Waals surface area contributed by atoms with E-state index in [1.165, 1.54) is 0 Å². The van der Waals surface area contributed by atoms with E-state index in [0.717, 1.165) is 37.9 Å². The van der Waals surface area contributed by atoms with Gasteiger partial charge < -0.3 is 10.1 Å². The Balaban J connectivity index is 2.03. The van der Waals surface area contributed by atoms with Crippen molar-refractivity contribution >= 4 is 0 Å². The molecule has 0 radical (unpaired) electrons. The maximum absolute atomic E-state index is 12.2. The maximum Gasteiger partial charge on any atom is 0.387 e. The minimum Gasteiger partial charge on any atom is -0.435 e. The van der Waals surface area contributed by atoms with E-state index in [0.29, 0.717) is 11.7 Å². The van der Waals surface area contributed by atoms with Crippen LogP contribution in [0.5, 0.6) is 5.75 Å². The lowest BCUT2D eigenvalue weighted by atomic mass is 9.91. The molecule has 0 amide bonds. The van der Waals surface area contributed by atoms with Gasteiger partial charge in [-0.2, -0.15) is 8.78 Å². The quantitative estimate of drug-likeness (QED) is 0.875. The third-order valence-electron chi connectivity index (χ3n) is 3.16. The van der Waals surface area contributed by atoms with Crippen LogP contribution in [0.1, 0.15) is 18.4 Å². The predicted octanol–water partition coefficient (Wildman–Crippen LogP) is 2.83. The molecule has 1 aliphatic heterocycles. The van der Waals surface area contributed by atoms with Gasteiger partial charge in [0.1, 0.15) is 5.75 Å². The molecule has 0 aromatic heterocycles. The van der Waals surface area contributed by atoms with Crippen molar-refractivity contribution in [3.05, 3.63) is 29.8 Å². The van der Waals surface area contributed by atoms with Gasteiger partial charge in [0.2, 0.25) is 0 Å². The standard InChI is InChI=1S/C13H17F2NO/c14-13(15)17-12-4-2-1-3-11(12)9-10-5-7-16-8-6-10/h1-4,10,13,16H,5-9H2. The van der Waals surface area contributed by atoms with E-state index in [2.05, 4.69) is 10.1 Å². The van der Waals surface area contributed by atoms with Crippen LogP contribution in [0.3, 0.4) is 0 Å². The summed E-state index contributed by atoms with van der Waals surface area (Å²) >= 11 is 0. The normalized spacial score (nSPS) is 17.4. The lowest BCUT2D eigenvalue weighted by molar-refractivity contribution is -0.0505. The van der Waals surface area contributed by atoms with Gasteiger partial charge in [-0.05, 0) is 49.9 Å². The summed E-state index contributed by atoms with van der Waals surface area (Å²) in [6.07, 6.45) is 3.02. The second-order valence-electron chi connectivity index (χ2n) is 4.38. The van der Waals surface area contributed by atoms with Gasteiger partial charge in [0, 0.05) is 0 Å². The van der Waals surface area contributed by atoms with Crippen molar-refractivity contribution in [2.24, 2.45) is 5.92 Å². The van der Waals surface area contributed by atoms with Gasteiger partial charge in [-0.3, -0.25) is 0 Å². The highest BCUT2D eigenvalue weighted by atomic mass is 19.3. The van der Waals surface area contributed by atoms with E-state index in [1.54, 1.807) is 12.1 Å². The Morgan fingerprint density at radius 2 is 1.94 bits per heavy atom. The highest BCUT2D eigenvalue weighted by molar-refractivity contribution is 5.33. The maximum atomic E-state index is 12.2. The number of para-hydroxylation sites is 1. The number of hydrogen-bond acceptors (Lipinski definition) is 2. The second kappa shape index (κ2) is 5.96. The second-order valence-corrected chi connectivity index (χ2v) is 4.38. The molecule has 17 heavy (non-hydrogen) atoms. The first-order chi connectivity index (χ1) is 8.25. The van der Waals surface area contributed by atoms with Crippen molar-refractivity contribution in [3.8, 4) is 5.75 Å². The predicted molar refractivity (Wildman–Crippen MR) is 62.4 cm³/mol. The van der Waals surface area contributed by atoms with Crippen molar-refractivity contribution in [2.45, 2.75) is 25.9 Å². The van der Waals surface area contributed by atoms with E-state index in [-0.39, 0.29) is 0 Å². The van der Waals surface area contributed by atoms with Crippen LogP contribution in [-0.4, -0.2) is 19.7 Å². The molecule has 0 unspecified atom stereocenters. The average molecular weight is 241 g/mol. The first-order valence-corrected chi connectivity index (χ1v) is 5.99. The molecule has 94 valence electrons. The van der Waals surface area contributed by atoms with Crippen molar-refractivity contribution in [1.82, 2.24) is 5.32 Å². The van der Waals surface area contributed by atoms with Crippen LogP contribution in [0.4, 0.5) is 8.78 Å². The summed E-state index contributed by atoms with van der Waals surface area (Å²) in [6, 6.07) is 7.08. The number of benzene rings is 1. The van der Waals surface area contributed by atoms with Crippen LogP contribution in [0.25, 0.3) is 0 Å². The van der Waals surface area contributed by atoms with Crippen molar-refractivity contribution in [2.75, 3.05) is 13.1 Å². The number of nitrogens with one attached hydrogen (secondary N) is 1. The fourth-order valence-electron chi connectivity index (χ4n) is 2.28. The smallest absolute Gasteiger partial charge is 0.387 e. The molecule has 1 N–H and O–H groups in total. The zero-order valence-electron chi connectivity index (χ0n) is 9.66. The minimum absolute atomic E-state index is 0.320. The molecule has 1 aromatic carbocycles. The molecular weight excluding hydrogens is 224 g/mol. The molecule has 1 aliphatic rings. The van der Waals surface area contributed by atoms with Gasteiger partial charge >= 0.3 is 6.61 Å². The van der Waals surface area contributed by atoms with Gasteiger partial charge in [-0.15, -0.1) is 0 Å². The minimum atomic E-state index is -2.75. The Morgan fingerprint density at radius 1 is 1.24 bits per heavy atom. The number of ether oxygens (including phenoxy) is 1. The summed E-state index contributed by atoms with van der Waals surface area (Å²) in [6.45, 7) is -0.713. The monoisotopic (exact) mass is 241 g/mol. The molecule has 0 saturated carbocycles. The molecule has 0 bridgehead atoms. The van der Waals surface area contributed by atoms with Gasteiger partial charge in [-0.25, -0.2) is 0 Å². The number of rotatable bonds is 4. The SMILES string of the molecule is FC(F)Oc1ccccc1CC1CCNCC1. The fraction of sp³-hybridized carbons (Fsp3) is 0.538. The number of piperidine rings is 1. The Morgan fingerprint density at radius 3 is 2.65 bits per heavy atom. The van der Waals surface area contributed by atoms with Crippen molar-refractivity contribution in [3.63, 3.8) is 0 Å². The summed E-state index contributed by atoms with van der Waals surface area (Å²) in [4.78, 5) is 0. The Kier molecular flexibility index (Phi) is 4.31. The molecule has 2 nitrogen and oxygen atoms in total. The highest BCUT2D eigenvalue weighted by Gasteiger charge is 2.16. The molecular formula is C13H17F2NO. The fourth-order valence-corrected chi connectivity index (χ4v) is 2.28. The average Bonchev–Trinajstić information content (AvgIpc) is 2.32. The molecule has 2 rings (SSSR count). The van der Waals surface area contributed by atoms with Gasteiger partial charge in [0.05, 0.1) is 0 Å². The summed E-state index contributed by atoms with van der Waals surface area (Å²) in [5.74, 6) is 0.889. The molecule has 4 heteroatoms. The topological polar surface area (TPSA) is 21.3 Å². The Hall–Kier alpha value is -1.16. The van der Waals surface area contributed by atoms with Crippen LogP contribution in [-0.2, 0) is 6.42 Å². The summed E-state index contributed by atoms with van der Waals surface area (Å²) in [5, 5.41) is 3.30. The lowest BCUT2D eigenvalue weighted by Gasteiger charge is -2.23. The summed E-state index contributed by atoms with van der Waals surface area (Å²) in [7, 11) is 0. The molecule has 1 saturated heterocycles. The van der Waals surface area contributed by atoms with Crippen LogP contribution >= 0.6 is 0 Å². The molecule has 0 atom stereocenters. The van der Waals surface area contributed by atoms with E-state index in [9.17, 15) is 8.78 Å². The van der Waals surface area contributed by atoms with Crippen LogP contribution in [0.15, 0.2) is 24.3 Å². The van der Waals surface area contributed by atoms with Gasteiger partial charge in [0.15, 0.2) is 0 Å². The van der Waals surface area contributed by atoms with Gasteiger partial charge in [0.25, 0.3) is 0 Å². The van der Waals surface area contributed by atoms with E-state index >= 15 is 0 Å². The molecule has 0 aliphatic carbocycles. The number of alkyl halides is 2. The summed E-state index contributed by atoms with van der Waals surface area (Å²) in [5.41, 5.74) is 0.889. The largest absolute Gasteiger partial charge is 0.435 e. The van der Waals surface area contributed by atoms with E-state index in [1.807, 2.05) is 12.1 Å².